The number of carbonyl (C=O) groups is 2. The number of benzene rings is 2. The number of aryl methyl sites for hydroxylation is 1. The van der Waals surface area contributed by atoms with Gasteiger partial charge in [-0.1, -0.05) is 17.7 Å². The zero-order valence-corrected chi connectivity index (χ0v) is 20.7. The Morgan fingerprint density at radius 2 is 1.49 bits per heavy atom. The van der Waals surface area contributed by atoms with Crippen LogP contribution in [0.1, 0.15) is 28.4 Å². The lowest BCUT2D eigenvalue weighted by Gasteiger charge is -2.16. The van der Waals surface area contributed by atoms with E-state index in [1.807, 2.05) is 19.1 Å². The molecule has 2 aromatic carbocycles. The molecule has 184 valence electrons. The normalized spacial score (nSPS) is 10.5. The lowest BCUT2D eigenvalue weighted by Crippen LogP contribution is -2.29. The third-order valence-electron chi connectivity index (χ3n) is 5.21. The molecule has 0 aliphatic rings. The van der Waals surface area contributed by atoms with Gasteiger partial charge in [0.1, 0.15) is 17.4 Å². The van der Waals surface area contributed by atoms with Gasteiger partial charge >= 0.3 is 0 Å². The molecule has 0 fully saturated rings. The number of hydrogen-bond acceptors (Lipinski definition) is 7. The van der Waals surface area contributed by atoms with Gasteiger partial charge in [-0.25, -0.2) is 9.97 Å². The Kier molecular flexibility index (Phi) is 8.86. The molecule has 5 N–H and O–H groups in total. The van der Waals surface area contributed by atoms with Crippen molar-refractivity contribution >= 4 is 35.1 Å². The third kappa shape index (κ3) is 7.31. The first-order chi connectivity index (χ1) is 16.7. The van der Waals surface area contributed by atoms with Crippen molar-refractivity contribution in [3.63, 3.8) is 0 Å². The van der Waals surface area contributed by atoms with Gasteiger partial charge in [-0.05, 0) is 55.8 Å². The fourth-order valence-electron chi connectivity index (χ4n) is 3.22. The number of hydrogen-bond donors (Lipinski definition) is 5. The average Bonchev–Trinajstić information content (AvgIpc) is 2.83. The van der Waals surface area contributed by atoms with Crippen LogP contribution < -0.4 is 21.3 Å². The van der Waals surface area contributed by atoms with Gasteiger partial charge in [-0.15, -0.1) is 0 Å². The predicted molar refractivity (Wildman–Crippen MR) is 138 cm³/mol. The Morgan fingerprint density at radius 3 is 2.06 bits per heavy atom. The van der Waals surface area contributed by atoms with Crippen LogP contribution in [0.2, 0.25) is 5.02 Å². The van der Waals surface area contributed by atoms with Crippen molar-refractivity contribution in [1.82, 2.24) is 20.6 Å². The SMILES string of the molecule is CC(=O)NCCNc1nc(-c2ccc(Cl)cc2)nc(NCCNC(=O)c2ccc(C)c(O)c2)c1C. The molecular weight excluding hydrogens is 468 g/mol. The number of phenols is 1. The van der Waals surface area contributed by atoms with E-state index in [2.05, 4.69) is 31.2 Å². The third-order valence-corrected chi connectivity index (χ3v) is 5.47. The van der Waals surface area contributed by atoms with Gasteiger partial charge in [0.15, 0.2) is 5.82 Å². The zero-order valence-electron chi connectivity index (χ0n) is 19.9. The summed E-state index contributed by atoms with van der Waals surface area (Å²) in [6.07, 6.45) is 0. The van der Waals surface area contributed by atoms with Gasteiger partial charge in [0.2, 0.25) is 5.91 Å². The van der Waals surface area contributed by atoms with Crippen molar-refractivity contribution in [2.75, 3.05) is 36.8 Å². The minimum atomic E-state index is -0.274. The van der Waals surface area contributed by atoms with Gasteiger partial charge in [-0.3, -0.25) is 9.59 Å². The van der Waals surface area contributed by atoms with Crippen LogP contribution in [0.4, 0.5) is 11.6 Å². The van der Waals surface area contributed by atoms with Crippen molar-refractivity contribution in [3.8, 4) is 17.1 Å². The van der Waals surface area contributed by atoms with E-state index in [-0.39, 0.29) is 17.6 Å². The minimum absolute atomic E-state index is 0.0839. The molecule has 9 nitrogen and oxygen atoms in total. The largest absolute Gasteiger partial charge is 0.508 e. The molecule has 0 aliphatic heterocycles. The van der Waals surface area contributed by atoms with E-state index in [0.717, 1.165) is 11.1 Å². The number of anilines is 2. The van der Waals surface area contributed by atoms with Crippen LogP contribution >= 0.6 is 11.6 Å². The van der Waals surface area contributed by atoms with Crippen LogP contribution in [0.15, 0.2) is 42.5 Å². The van der Waals surface area contributed by atoms with E-state index < -0.39 is 0 Å². The van der Waals surface area contributed by atoms with Crippen molar-refractivity contribution < 1.29 is 14.7 Å². The maximum absolute atomic E-state index is 12.4. The quantitative estimate of drug-likeness (QED) is 0.272. The molecule has 3 rings (SSSR count). The Bertz CT molecular complexity index is 1200. The Hall–Kier alpha value is -3.85. The molecule has 35 heavy (non-hydrogen) atoms. The first-order valence-electron chi connectivity index (χ1n) is 11.2. The molecule has 3 aromatic rings. The monoisotopic (exact) mass is 496 g/mol. The van der Waals surface area contributed by atoms with Crippen molar-refractivity contribution in [1.29, 1.82) is 0 Å². The van der Waals surface area contributed by atoms with Gasteiger partial charge in [0, 0.05) is 54.8 Å². The lowest BCUT2D eigenvalue weighted by molar-refractivity contribution is -0.118. The second kappa shape index (κ2) is 12.0. The second-order valence-electron chi connectivity index (χ2n) is 7.97. The van der Waals surface area contributed by atoms with Crippen LogP contribution in [0.3, 0.4) is 0 Å². The lowest BCUT2D eigenvalue weighted by atomic mass is 10.1. The summed E-state index contributed by atoms with van der Waals surface area (Å²) >= 11 is 6.02. The van der Waals surface area contributed by atoms with Crippen molar-refractivity contribution in [2.24, 2.45) is 0 Å². The summed E-state index contributed by atoms with van der Waals surface area (Å²) in [6, 6.07) is 12.0. The topological polar surface area (TPSA) is 128 Å². The maximum Gasteiger partial charge on any atom is 0.251 e. The van der Waals surface area contributed by atoms with Crippen LogP contribution in [0.5, 0.6) is 5.75 Å². The highest BCUT2D eigenvalue weighted by Crippen LogP contribution is 2.26. The minimum Gasteiger partial charge on any atom is -0.508 e. The molecule has 0 unspecified atom stereocenters. The van der Waals surface area contributed by atoms with Crippen LogP contribution in [0, 0.1) is 13.8 Å². The predicted octanol–water partition coefficient (Wildman–Crippen LogP) is 3.51. The summed E-state index contributed by atoms with van der Waals surface area (Å²) in [5.74, 6) is 1.48. The number of rotatable bonds is 10. The van der Waals surface area contributed by atoms with Crippen molar-refractivity contribution in [3.05, 3.63) is 64.2 Å². The molecule has 1 heterocycles. The number of nitrogens with zero attached hydrogens (tertiary/aromatic N) is 2. The number of carbonyl (C=O) groups excluding carboxylic acids is 2. The summed E-state index contributed by atoms with van der Waals surface area (Å²) in [5, 5.41) is 22.5. The Labute approximate surface area is 209 Å². The number of aromatic hydroxyl groups is 1. The molecule has 1 aromatic heterocycles. The summed E-state index contributed by atoms with van der Waals surface area (Å²) < 4.78 is 0. The highest BCUT2D eigenvalue weighted by atomic mass is 35.5. The van der Waals surface area contributed by atoms with Crippen LogP contribution in [-0.4, -0.2) is 53.1 Å². The molecule has 0 aliphatic carbocycles. The van der Waals surface area contributed by atoms with E-state index in [4.69, 9.17) is 11.6 Å². The van der Waals surface area contributed by atoms with E-state index in [0.29, 0.717) is 59.8 Å². The van der Waals surface area contributed by atoms with E-state index >= 15 is 0 Å². The molecular formula is C25H29ClN6O3. The number of aromatic nitrogens is 2. The molecule has 0 bridgehead atoms. The summed E-state index contributed by atoms with van der Waals surface area (Å²) in [6.45, 7) is 6.85. The zero-order chi connectivity index (χ0) is 25.4. The number of halogens is 1. The second-order valence-corrected chi connectivity index (χ2v) is 8.41. The molecule has 0 radical (unpaired) electrons. The maximum atomic E-state index is 12.4. The number of amides is 2. The van der Waals surface area contributed by atoms with Gasteiger partial charge in [0.05, 0.1) is 0 Å². The molecule has 0 atom stereocenters. The smallest absolute Gasteiger partial charge is 0.251 e. The summed E-state index contributed by atoms with van der Waals surface area (Å²) in [7, 11) is 0. The van der Waals surface area contributed by atoms with Gasteiger partial charge in [0.25, 0.3) is 5.91 Å². The fraction of sp³-hybridized carbons (Fsp3) is 0.280. The highest BCUT2D eigenvalue weighted by Gasteiger charge is 2.13. The fourth-order valence-corrected chi connectivity index (χ4v) is 3.34. The average molecular weight is 497 g/mol. The van der Waals surface area contributed by atoms with E-state index in [1.165, 1.54) is 13.0 Å². The van der Waals surface area contributed by atoms with E-state index in [9.17, 15) is 14.7 Å². The van der Waals surface area contributed by atoms with Gasteiger partial charge in [-0.2, -0.15) is 0 Å². The Balaban J connectivity index is 1.70. The Morgan fingerprint density at radius 1 is 0.886 bits per heavy atom. The standard InChI is InChI=1S/C25H29ClN6O3/c1-15-4-5-19(14-21(15)34)25(35)30-13-12-29-23-16(2)22(28-11-10-27-17(3)33)31-24(32-23)18-6-8-20(26)9-7-18/h4-9,14,34H,10-13H2,1-3H3,(H,27,33)(H,30,35)(H2,28,29,31,32). The number of phenolic OH excluding ortho intramolecular Hbond substituents is 1. The molecule has 0 saturated heterocycles. The van der Waals surface area contributed by atoms with Crippen LogP contribution in [0.25, 0.3) is 11.4 Å². The van der Waals surface area contributed by atoms with Crippen molar-refractivity contribution in [2.45, 2.75) is 20.8 Å². The number of nitrogens with one attached hydrogen (secondary N) is 4. The molecule has 0 saturated carbocycles. The highest BCUT2D eigenvalue weighted by molar-refractivity contribution is 6.30. The first kappa shape index (κ1) is 25.8. The summed E-state index contributed by atoms with van der Waals surface area (Å²) in [5.41, 5.74) is 2.71. The molecule has 0 spiro atoms. The van der Waals surface area contributed by atoms with Crippen LogP contribution in [-0.2, 0) is 4.79 Å². The first-order valence-corrected chi connectivity index (χ1v) is 11.6. The molecule has 2 amide bonds. The summed E-state index contributed by atoms with van der Waals surface area (Å²) in [4.78, 5) is 32.8. The molecule has 10 heteroatoms. The van der Waals surface area contributed by atoms with Gasteiger partial charge < -0.3 is 26.4 Å². The van der Waals surface area contributed by atoms with E-state index in [1.54, 1.807) is 31.2 Å².